The Labute approximate surface area is 186 Å². The lowest BCUT2D eigenvalue weighted by Gasteiger charge is -2.07. The van der Waals surface area contributed by atoms with Gasteiger partial charge in [-0.25, -0.2) is 13.1 Å². The van der Waals surface area contributed by atoms with Gasteiger partial charge in [-0.3, -0.25) is 9.52 Å². The number of rotatable bonds is 7. The van der Waals surface area contributed by atoms with Crippen LogP contribution >= 0.6 is 0 Å². The molecule has 0 saturated heterocycles. The van der Waals surface area contributed by atoms with Crippen LogP contribution in [0, 0.1) is 0 Å². The Hall–Kier alpha value is -3.91. The van der Waals surface area contributed by atoms with Crippen LogP contribution in [0.5, 0.6) is 0 Å². The monoisotopic (exact) mass is 446 g/mol. The molecule has 0 aliphatic heterocycles. The van der Waals surface area contributed by atoms with E-state index >= 15 is 0 Å². The number of carbonyl (C=O) groups is 1. The second kappa shape index (κ2) is 9.07. The number of amides is 1. The maximum Gasteiger partial charge on any atom is 0.251 e. The lowest BCUT2D eigenvalue weighted by Crippen LogP contribution is -2.23. The third-order valence-corrected chi connectivity index (χ3v) is 5.35. The first-order chi connectivity index (χ1) is 15.4. The van der Waals surface area contributed by atoms with Gasteiger partial charge in [0.2, 0.25) is 10.0 Å². The van der Waals surface area contributed by atoms with E-state index in [2.05, 4.69) is 10.0 Å². The number of aromatic nitrogens is 2. The molecule has 7 nitrogen and oxygen atoms in total. The second-order valence-electron chi connectivity index (χ2n) is 7.28. The van der Waals surface area contributed by atoms with Gasteiger partial charge in [-0.2, -0.15) is 5.10 Å². The molecule has 3 aromatic carbocycles. The van der Waals surface area contributed by atoms with Crippen molar-refractivity contribution in [3.8, 4) is 16.9 Å². The topological polar surface area (TPSA) is 93.1 Å². The van der Waals surface area contributed by atoms with Gasteiger partial charge in [0.25, 0.3) is 5.91 Å². The fourth-order valence-electron chi connectivity index (χ4n) is 3.27. The van der Waals surface area contributed by atoms with E-state index in [1.807, 2.05) is 66.9 Å². The zero-order valence-electron chi connectivity index (χ0n) is 17.4. The van der Waals surface area contributed by atoms with E-state index in [1.165, 1.54) is 0 Å². The average Bonchev–Trinajstić information content (AvgIpc) is 3.22. The zero-order chi connectivity index (χ0) is 22.6. The number of benzene rings is 3. The molecule has 0 aliphatic rings. The van der Waals surface area contributed by atoms with Gasteiger partial charge in [0, 0.05) is 35.1 Å². The van der Waals surface area contributed by atoms with Crippen molar-refractivity contribution in [1.29, 1.82) is 0 Å². The first-order valence-corrected chi connectivity index (χ1v) is 11.8. The maximum atomic E-state index is 12.7. The number of hydrogen-bond donors (Lipinski definition) is 2. The van der Waals surface area contributed by atoms with Crippen molar-refractivity contribution in [3.63, 3.8) is 0 Å². The Bertz CT molecular complexity index is 1320. The number of hydrogen-bond acceptors (Lipinski definition) is 4. The molecule has 8 heteroatoms. The molecule has 4 aromatic rings. The lowest BCUT2D eigenvalue weighted by atomic mass is 10.1. The average molecular weight is 447 g/mol. The highest BCUT2D eigenvalue weighted by Gasteiger charge is 2.14. The van der Waals surface area contributed by atoms with Crippen LogP contribution in [-0.2, 0) is 16.6 Å². The summed E-state index contributed by atoms with van der Waals surface area (Å²) in [4.78, 5) is 12.7. The van der Waals surface area contributed by atoms with Crippen LogP contribution in [0.1, 0.15) is 15.9 Å². The van der Waals surface area contributed by atoms with E-state index < -0.39 is 10.0 Å². The number of para-hydroxylation sites is 1. The molecule has 162 valence electrons. The van der Waals surface area contributed by atoms with E-state index in [0.717, 1.165) is 28.8 Å². The summed E-state index contributed by atoms with van der Waals surface area (Å²) >= 11 is 0. The smallest absolute Gasteiger partial charge is 0.251 e. The van der Waals surface area contributed by atoms with Gasteiger partial charge < -0.3 is 5.32 Å². The Morgan fingerprint density at radius 3 is 2.16 bits per heavy atom. The van der Waals surface area contributed by atoms with Crippen LogP contribution < -0.4 is 10.0 Å². The Balaban J connectivity index is 1.54. The summed E-state index contributed by atoms with van der Waals surface area (Å²) in [6, 6.07) is 25.9. The fourth-order valence-corrected chi connectivity index (χ4v) is 3.84. The SMILES string of the molecule is CS(=O)(=O)Nc1ccc(C(=O)NCc2cn(-c3ccccc3)nc2-c2ccccc2)cc1. The quantitative estimate of drug-likeness (QED) is 0.451. The minimum Gasteiger partial charge on any atom is -0.348 e. The largest absolute Gasteiger partial charge is 0.348 e. The highest BCUT2D eigenvalue weighted by Crippen LogP contribution is 2.23. The first-order valence-electron chi connectivity index (χ1n) is 9.94. The van der Waals surface area contributed by atoms with E-state index in [9.17, 15) is 13.2 Å². The number of carbonyl (C=O) groups excluding carboxylic acids is 1. The highest BCUT2D eigenvalue weighted by molar-refractivity contribution is 7.92. The van der Waals surface area contributed by atoms with Crippen LogP contribution in [0.4, 0.5) is 5.69 Å². The van der Waals surface area contributed by atoms with E-state index in [4.69, 9.17) is 5.10 Å². The molecule has 0 aliphatic carbocycles. The second-order valence-corrected chi connectivity index (χ2v) is 9.03. The molecular formula is C24H22N4O3S. The highest BCUT2D eigenvalue weighted by atomic mass is 32.2. The standard InChI is InChI=1S/C24H22N4O3S/c1-32(30,31)27-21-14-12-19(13-15-21)24(29)25-16-20-17-28(22-10-6-3-7-11-22)26-23(20)18-8-4-2-5-9-18/h2-15,17,27H,16H2,1H3,(H,25,29). The summed E-state index contributed by atoms with van der Waals surface area (Å²) in [6.07, 6.45) is 2.99. The molecule has 0 atom stereocenters. The summed E-state index contributed by atoms with van der Waals surface area (Å²) in [5, 5.41) is 7.67. The van der Waals surface area contributed by atoms with E-state index in [1.54, 1.807) is 28.9 Å². The van der Waals surface area contributed by atoms with Crippen molar-refractivity contribution >= 4 is 21.6 Å². The third-order valence-electron chi connectivity index (χ3n) is 4.75. The fraction of sp³-hybridized carbons (Fsp3) is 0.0833. The van der Waals surface area contributed by atoms with Crippen molar-refractivity contribution in [3.05, 3.63) is 102 Å². The molecular weight excluding hydrogens is 424 g/mol. The van der Waals surface area contributed by atoms with Crippen LogP contribution in [-0.4, -0.2) is 30.4 Å². The summed E-state index contributed by atoms with van der Waals surface area (Å²) in [7, 11) is -3.37. The number of anilines is 1. The molecule has 0 bridgehead atoms. The zero-order valence-corrected chi connectivity index (χ0v) is 18.2. The summed E-state index contributed by atoms with van der Waals surface area (Å²) in [6.45, 7) is 0.291. The van der Waals surface area contributed by atoms with Crippen LogP contribution in [0.15, 0.2) is 91.1 Å². The van der Waals surface area contributed by atoms with Crippen LogP contribution in [0.25, 0.3) is 16.9 Å². The minimum absolute atomic E-state index is 0.262. The molecule has 2 N–H and O–H groups in total. The number of nitrogens with one attached hydrogen (secondary N) is 2. The minimum atomic E-state index is -3.37. The number of sulfonamides is 1. The molecule has 0 fully saturated rings. The summed E-state index contributed by atoms with van der Waals surface area (Å²) in [5.74, 6) is -0.262. The van der Waals surface area contributed by atoms with Gasteiger partial charge in [0.1, 0.15) is 0 Å². The molecule has 0 spiro atoms. The Kier molecular flexibility index (Phi) is 6.04. The van der Waals surface area contributed by atoms with Gasteiger partial charge in [-0.1, -0.05) is 48.5 Å². The molecule has 1 aromatic heterocycles. The van der Waals surface area contributed by atoms with Gasteiger partial charge in [0.05, 0.1) is 17.6 Å². The predicted molar refractivity (Wildman–Crippen MR) is 125 cm³/mol. The molecule has 0 saturated carbocycles. The molecule has 1 heterocycles. The first kappa shape index (κ1) is 21.3. The van der Waals surface area contributed by atoms with Crippen LogP contribution in [0.3, 0.4) is 0 Å². The van der Waals surface area contributed by atoms with E-state index in [0.29, 0.717) is 17.8 Å². The van der Waals surface area contributed by atoms with Gasteiger partial charge in [-0.15, -0.1) is 0 Å². The van der Waals surface area contributed by atoms with Crippen LogP contribution in [0.2, 0.25) is 0 Å². The van der Waals surface area contributed by atoms with Crippen molar-refractivity contribution in [2.45, 2.75) is 6.54 Å². The molecule has 0 unspecified atom stereocenters. The molecule has 32 heavy (non-hydrogen) atoms. The molecule has 1 amide bonds. The Morgan fingerprint density at radius 2 is 1.53 bits per heavy atom. The van der Waals surface area contributed by atoms with Gasteiger partial charge >= 0.3 is 0 Å². The molecule has 0 radical (unpaired) electrons. The third kappa shape index (κ3) is 5.22. The lowest BCUT2D eigenvalue weighted by molar-refractivity contribution is 0.0951. The summed E-state index contributed by atoms with van der Waals surface area (Å²) in [5.41, 5.74) is 4.39. The van der Waals surface area contributed by atoms with Crippen molar-refractivity contribution in [1.82, 2.24) is 15.1 Å². The normalized spacial score (nSPS) is 11.2. The maximum absolute atomic E-state index is 12.7. The van der Waals surface area contributed by atoms with Crippen molar-refractivity contribution in [2.75, 3.05) is 11.0 Å². The van der Waals surface area contributed by atoms with E-state index in [-0.39, 0.29) is 5.91 Å². The van der Waals surface area contributed by atoms with Gasteiger partial charge in [0.15, 0.2) is 0 Å². The predicted octanol–water partition coefficient (Wildman–Crippen LogP) is 3.84. The molecule has 4 rings (SSSR count). The van der Waals surface area contributed by atoms with Gasteiger partial charge in [-0.05, 0) is 36.4 Å². The van der Waals surface area contributed by atoms with Crippen molar-refractivity contribution < 1.29 is 13.2 Å². The summed E-state index contributed by atoms with van der Waals surface area (Å²) < 4.78 is 26.8. The Morgan fingerprint density at radius 1 is 0.906 bits per heavy atom. The van der Waals surface area contributed by atoms with Crippen molar-refractivity contribution in [2.24, 2.45) is 0 Å². The number of nitrogens with zero attached hydrogens (tertiary/aromatic N) is 2.